The highest BCUT2D eigenvalue weighted by Gasteiger charge is 2.24. The predicted octanol–water partition coefficient (Wildman–Crippen LogP) is 4.24. The van der Waals surface area contributed by atoms with Crippen molar-refractivity contribution in [2.75, 3.05) is 31.1 Å². The summed E-state index contributed by atoms with van der Waals surface area (Å²) in [5.74, 6) is 0.0778. The molecule has 1 saturated heterocycles. The maximum Gasteiger partial charge on any atom is 0.270 e. The van der Waals surface area contributed by atoms with Crippen molar-refractivity contribution in [3.63, 3.8) is 0 Å². The molecule has 2 heterocycles. The zero-order valence-corrected chi connectivity index (χ0v) is 16.6. The number of anilines is 1. The lowest BCUT2D eigenvalue weighted by Gasteiger charge is -2.36. The third-order valence-electron chi connectivity index (χ3n) is 5.16. The molecule has 1 amide bonds. The van der Waals surface area contributed by atoms with Crippen LogP contribution in [-0.4, -0.2) is 41.6 Å². The Morgan fingerprint density at radius 2 is 1.64 bits per heavy atom. The number of rotatable bonds is 4. The Hall–Kier alpha value is -2.72. The van der Waals surface area contributed by atoms with Crippen LogP contribution in [0.5, 0.6) is 0 Å². The number of aromatic nitrogens is 1. The van der Waals surface area contributed by atoms with Crippen LogP contribution in [0.25, 0.3) is 0 Å². The third kappa shape index (κ3) is 3.92. The van der Waals surface area contributed by atoms with E-state index in [0.29, 0.717) is 10.7 Å². The van der Waals surface area contributed by atoms with Gasteiger partial charge in [-0.1, -0.05) is 48.0 Å². The Balaban J connectivity index is 1.43. The number of carbonyl (C=O) groups excluding carboxylic acids is 1. The van der Waals surface area contributed by atoms with Crippen LogP contribution in [0.3, 0.4) is 0 Å². The van der Waals surface area contributed by atoms with Crippen LogP contribution in [0.15, 0.2) is 66.9 Å². The van der Waals surface area contributed by atoms with Crippen molar-refractivity contribution in [3.8, 4) is 0 Å². The molecule has 3 aromatic rings. The minimum Gasteiger partial charge on any atom is -0.368 e. The zero-order valence-electron chi connectivity index (χ0n) is 15.9. The molecule has 5 heteroatoms. The fraction of sp³-hybridized carbons (Fsp3) is 0.217. The second kappa shape index (κ2) is 8.11. The third-order valence-corrected chi connectivity index (χ3v) is 5.51. The van der Waals surface area contributed by atoms with Crippen LogP contribution in [0.2, 0.25) is 5.02 Å². The van der Waals surface area contributed by atoms with E-state index in [1.54, 1.807) is 0 Å². The Morgan fingerprint density at radius 3 is 2.36 bits per heavy atom. The van der Waals surface area contributed by atoms with Gasteiger partial charge in [0.1, 0.15) is 5.69 Å². The highest BCUT2D eigenvalue weighted by atomic mass is 35.5. The zero-order chi connectivity index (χ0) is 19.5. The summed E-state index contributed by atoms with van der Waals surface area (Å²) >= 11 is 6.25. The van der Waals surface area contributed by atoms with Gasteiger partial charge in [0.15, 0.2) is 0 Å². The van der Waals surface area contributed by atoms with Gasteiger partial charge in [-0.2, -0.15) is 0 Å². The fourth-order valence-electron chi connectivity index (χ4n) is 3.62. The Bertz CT molecular complexity index is 959. The Kier molecular flexibility index (Phi) is 5.40. The standard InChI is InChI=1S/C23H23ClN3O/c1-25-17-18(15-19-7-5-6-10-21(19)24)16-22(25)23(28)27-13-11-26(12-14-27)20-8-3-2-4-9-20/h2-10,15-17H,11-14H2,1H3. The van der Waals surface area contributed by atoms with Crippen LogP contribution in [0.4, 0.5) is 5.69 Å². The number of hydrogen-bond donors (Lipinski definition) is 0. The molecule has 1 fully saturated rings. The highest BCUT2D eigenvalue weighted by molar-refractivity contribution is 6.31. The van der Waals surface area contributed by atoms with Crippen molar-refractivity contribution in [1.82, 2.24) is 9.47 Å². The molecule has 28 heavy (non-hydrogen) atoms. The molecule has 143 valence electrons. The second-order valence-electron chi connectivity index (χ2n) is 7.05. The molecule has 1 aliphatic rings. The molecule has 0 unspecified atom stereocenters. The van der Waals surface area contributed by atoms with E-state index in [1.165, 1.54) is 5.69 Å². The summed E-state index contributed by atoms with van der Waals surface area (Å²) in [6.07, 6.45) is 3.98. The summed E-state index contributed by atoms with van der Waals surface area (Å²) in [6, 6.07) is 20.0. The number of benzene rings is 2. The molecule has 0 aliphatic carbocycles. The number of aryl methyl sites for hydroxylation is 1. The molecule has 4 rings (SSSR count). The summed E-state index contributed by atoms with van der Waals surface area (Å²) in [7, 11) is 1.91. The first-order valence-electron chi connectivity index (χ1n) is 9.47. The lowest BCUT2D eigenvalue weighted by Crippen LogP contribution is -2.49. The van der Waals surface area contributed by atoms with Gasteiger partial charge >= 0.3 is 0 Å². The number of para-hydroxylation sites is 1. The number of nitrogens with zero attached hydrogens (tertiary/aromatic N) is 3. The lowest BCUT2D eigenvalue weighted by molar-refractivity contribution is 0.0737. The molecule has 1 radical (unpaired) electrons. The van der Waals surface area contributed by atoms with Crippen LogP contribution in [-0.2, 0) is 7.05 Å². The number of piperazine rings is 1. The largest absolute Gasteiger partial charge is 0.368 e. The molecule has 0 atom stereocenters. The van der Waals surface area contributed by atoms with Gasteiger partial charge in [-0.3, -0.25) is 4.79 Å². The Labute approximate surface area is 170 Å². The van der Waals surface area contributed by atoms with E-state index >= 15 is 0 Å². The van der Waals surface area contributed by atoms with Crippen LogP contribution in [0, 0.1) is 6.42 Å². The van der Waals surface area contributed by atoms with Gasteiger partial charge < -0.3 is 14.4 Å². The van der Waals surface area contributed by atoms with Gasteiger partial charge in [0.05, 0.1) is 0 Å². The quantitative estimate of drug-likeness (QED) is 0.664. The fourth-order valence-corrected chi connectivity index (χ4v) is 3.81. The second-order valence-corrected chi connectivity index (χ2v) is 7.46. The Morgan fingerprint density at radius 1 is 0.964 bits per heavy atom. The molecule has 0 spiro atoms. The topological polar surface area (TPSA) is 28.5 Å². The molecule has 0 saturated carbocycles. The van der Waals surface area contributed by atoms with Gasteiger partial charge in [-0.15, -0.1) is 0 Å². The monoisotopic (exact) mass is 392 g/mol. The van der Waals surface area contributed by atoms with E-state index in [4.69, 9.17) is 11.6 Å². The average molecular weight is 393 g/mol. The summed E-state index contributed by atoms with van der Waals surface area (Å²) in [6.45, 7) is 3.14. The maximum absolute atomic E-state index is 13.0. The van der Waals surface area contributed by atoms with Gasteiger partial charge in [-0.05, 0) is 35.4 Å². The van der Waals surface area contributed by atoms with Crippen molar-refractivity contribution in [2.24, 2.45) is 7.05 Å². The van der Waals surface area contributed by atoms with E-state index in [-0.39, 0.29) is 5.91 Å². The maximum atomic E-state index is 13.0. The first-order chi connectivity index (χ1) is 13.6. The van der Waals surface area contributed by atoms with Crippen LogP contribution < -0.4 is 4.90 Å². The minimum atomic E-state index is 0.0778. The van der Waals surface area contributed by atoms with Gasteiger partial charge in [-0.25, -0.2) is 0 Å². The molecular weight excluding hydrogens is 370 g/mol. The molecule has 1 aliphatic heterocycles. The van der Waals surface area contributed by atoms with Crippen molar-refractivity contribution < 1.29 is 4.79 Å². The van der Waals surface area contributed by atoms with Crippen LogP contribution >= 0.6 is 11.6 Å². The van der Waals surface area contributed by atoms with Crippen molar-refractivity contribution in [2.45, 2.75) is 0 Å². The SMILES string of the molecule is Cn1cc([CH]c2ccccc2Cl)cc1C(=O)N1CCN(c2ccccc2)CC1. The van der Waals surface area contributed by atoms with Crippen molar-refractivity contribution >= 4 is 23.2 Å². The number of halogens is 1. The predicted molar refractivity (Wildman–Crippen MR) is 114 cm³/mol. The summed E-state index contributed by atoms with van der Waals surface area (Å²) in [5, 5.41) is 0.705. The lowest BCUT2D eigenvalue weighted by atomic mass is 10.1. The minimum absolute atomic E-state index is 0.0778. The van der Waals surface area contributed by atoms with E-state index in [9.17, 15) is 4.79 Å². The van der Waals surface area contributed by atoms with Crippen molar-refractivity contribution in [3.05, 3.63) is 95.1 Å². The molecule has 4 nitrogen and oxygen atoms in total. The summed E-state index contributed by atoms with van der Waals surface area (Å²) < 4.78 is 1.90. The van der Waals surface area contributed by atoms with E-state index in [1.807, 2.05) is 77.7 Å². The summed E-state index contributed by atoms with van der Waals surface area (Å²) in [5.41, 5.74) is 3.84. The van der Waals surface area contributed by atoms with Gasteiger partial charge in [0.2, 0.25) is 0 Å². The van der Waals surface area contributed by atoms with E-state index in [0.717, 1.165) is 37.3 Å². The first kappa shape index (κ1) is 18.6. The number of hydrogen-bond acceptors (Lipinski definition) is 2. The van der Waals surface area contributed by atoms with Crippen LogP contribution in [0.1, 0.15) is 21.6 Å². The molecule has 2 aromatic carbocycles. The molecule has 0 bridgehead atoms. The number of amides is 1. The van der Waals surface area contributed by atoms with Crippen molar-refractivity contribution in [1.29, 1.82) is 0 Å². The van der Waals surface area contributed by atoms with E-state index < -0.39 is 0 Å². The average Bonchev–Trinajstić information content (AvgIpc) is 3.10. The van der Waals surface area contributed by atoms with Gasteiger partial charge in [0.25, 0.3) is 5.91 Å². The van der Waals surface area contributed by atoms with E-state index in [2.05, 4.69) is 17.0 Å². The smallest absolute Gasteiger partial charge is 0.270 e. The molecular formula is C23H23ClN3O. The highest BCUT2D eigenvalue weighted by Crippen LogP contribution is 2.23. The summed E-state index contributed by atoms with van der Waals surface area (Å²) in [4.78, 5) is 17.3. The molecule has 1 aromatic heterocycles. The van der Waals surface area contributed by atoms with Gasteiger partial charge in [0, 0.05) is 56.6 Å². The normalized spacial score (nSPS) is 14.4. The number of carbonyl (C=O) groups is 1. The molecule has 0 N–H and O–H groups in total. The first-order valence-corrected chi connectivity index (χ1v) is 9.84.